The summed E-state index contributed by atoms with van der Waals surface area (Å²) in [5.41, 5.74) is -0.721. The Balaban J connectivity index is 2.20. The summed E-state index contributed by atoms with van der Waals surface area (Å²) in [4.78, 5) is 23.2. The van der Waals surface area contributed by atoms with Crippen molar-refractivity contribution >= 4 is 27.8 Å². The van der Waals surface area contributed by atoms with Crippen LogP contribution < -0.4 is 5.32 Å². The number of halogens is 1. The fourth-order valence-electron chi connectivity index (χ4n) is 1.83. The maximum absolute atomic E-state index is 12.0. The number of ether oxygens (including phenoxy) is 1. The fourth-order valence-corrected chi connectivity index (χ4v) is 2.33. The smallest absolute Gasteiger partial charge is 0.331 e. The summed E-state index contributed by atoms with van der Waals surface area (Å²) >= 11 is 3.12. The molecule has 1 fully saturated rings. The lowest BCUT2D eigenvalue weighted by Crippen LogP contribution is -2.55. The molecule has 1 aromatic heterocycles. The number of carbonyl (C=O) groups is 2. The van der Waals surface area contributed by atoms with Gasteiger partial charge in [-0.3, -0.25) is 4.79 Å². The Morgan fingerprint density at radius 3 is 2.72 bits per heavy atom. The normalized spacial score (nSPS) is 23.0. The van der Waals surface area contributed by atoms with E-state index in [1.807, 2.05) is 0 Å². The topological polar surface area (TPSA) is 88.8 Å². The second kappa shape index (κ2) is 4.74. The maximum Gasteiger partial charge on any atom is 0.331 e. The summed E-state index contributed by atoms with van der Waals surface area (Å²) in [6.07, 6.45) is 0.245. The molecule has 1 aromatic rings. The van der Waals surface area contributed by atoms with Crippen LogP contribution in [0.1, 0.15) is 22.5 Å². The number of furan rings is 1. The van der Waals surface area contributed by atoms with Crippen LogP contribution in [0.15, 0.2) is 15.2 Å². The second-order valence-electron chi connectivity index (χ2n) is 4.21. The van der Waals surface area contributed by atoms with Gasteiger partial charge in [-0.1, -0.05) is 0 Å². The predicted octanol–water partition coefficient (Wildman–Crippen LogP) is 1.32. The summed E-state index contributed by atoms with van der Waals surface area (Å²) in [5, 5.41) is 11.7. The molecular formula is C11H12BrNO5. The van der Waals surface area contributed by atoms with Gasteiger partial charge in [0, 0.05) is 18.6 Å². The predicted molar refractivity (Wildman–Crippen MR) is 64.4 cm³/mol. The van der Waals surface area contributed by atoms with E-state index in [9.17, 15) is 14.7 Å². The Hall–Kier alpha value is -1.34. The van der Waals surface area contributed by atoms with Gasteiger partial charge in [-0.15, -0.1) is 0 Å². The molecule has 1 saturated heterocycles. The zero-order valence-electron chi connectivity index (χ0n) is 9.66. The molecule has 0 bridgehead atoms. The van der Waals surface area contributed by atoms with Gasteiger partial charge in [-0.05, 0) is 28.9 Å². The summed E-state index contributed by atoms with van der Waals surface area (Å²) in [6.45, 7) is 1.99. The molecule has 1 unspecified atom stereocenters. The number of nitrogens with one attached hydrogen (secondary N) is 1. The minimum absolute atomic E-state index is 0.0327. The summed E-state index contributed by atoms with van der Waals surface area (Å²) in [7, 11) is 0. The van der Waals surface area contributed by atoms with Crippen molar-refractivity contribution in [2.75, 3.05) is 13.2 Å². The van der Waals surface area contributed by atoms with Crippen molar-refractivity contribution in [1.82, 2.24) is 5.32 Å². The number of hydrogen-bond donors (Lipinski definition) is 2. The van der Waals surface area contributed by atoms with E-state index < -0.39 is 17.4 Å². The Labute approximate surface area is 111 Å². The van der Waals surface area contributed by atoms with Crippen molar-refractivity contribution in [2.24, 2.45) is 0 Å². The van der Waals surface area contributed by atoms with E-state index in [-0.39, 0.29) is 18.8 Å². The van der Waals surface area contributed by atoms with Crippen LogP contribution >= 0.6 is 15.9 Å². The van der Waals surface area contributed by atoms with Crippen molar-refractivity contribution < 1.29 is 23.8 Å². The number of aliphatic carboxylic acids is 1. The molecule has 0 saturated carbocycles. The lowest BCUT2D eigenvalue weighted by atomic mass is 9.99. The molecule has 18 heavy (non-hydrogen) atoms. The first-order valence-corrected chi connectivity index (χ1v) is 6.13. The van der Waals surface area contributed by atoms with Gasteiger partial charge in [-0.25, -0.2) is 4.79 Å². The highest BCUT2D eigenvalue weighted by atomic mass is 79.9. The van der Waals surface area contributed by atoms with Gasteiger partial charge in [-0.2, -0.15) is 0 Å². The Kier molecular flexibility index (Phi) is 3.45. The van der Waals surface area contributed by atoms with Gasteiger partial charge in [0.2, 0.25) is 0 Å². The molecule has 0 aromatic carbocycles. The van der Waals surface area contributed by atoms with Gasteiger partial charge in [0.15, 0.2) is 16.0 Å². The molecular weight excluding hydrogens is 306 g/mol. The SMILES string of the molecule is Cc1cc(Br)oc1C(=O)NC1(C(=O)O)CCOC1. The molecule has 1 aliphatic rings. The summed E-state index contributed by atoms with van der Waals surface area (Å²) < 4.78 is 10.7. The van der Waals surface area contributed by atoms with Gasteiger partial charge in [0.1, 0.15) is 0 Å². The molecule has 1 atom stereocenters. The van der Waals surface area contributed by atoms with Crippen molar-refractivity contribution in [1.29, 1.82) is 0 Å². The van der Waals surface area contributed by atoms with Crippen LogP contribution in [0.2, 0.25) is 0 Å². The molecule has 2 rings (SSSR count). The first-order valence-electron chi connectivity index (χ1n) is 5.34. The number of aryl methyl sites for hydroxylation is 1. The van der Waals surface area contributed by atoms with Crippen LogP contribution in [-0.2, 0) is 9.53 Å². The quantitative estimate of drug-likeness (QED) is 0.877. The largest absolute Gasteiger partial charge is 0.479 e. The van der Waals surface area contributed by atoms with Crippen LogP contribution in [0.5, 0.6) is 0 Å². The summed E-state index contributed by atoms with van der Waals surface area (Å²) in [6, 6.07) is 1.65. The van der Waals surface area contributed by atoms with Gasteiger partial charge in [0.25, 0.3) is 5.91 Å². The van der Waals surface area contributed by atoms with E-state index in [4.69, 9.17) is 9.15 Å². The van der Waals surface area contributed by atoms with Crippen LogP contribution in [0.25, 0.3) is 0 Å². The number of hydrogen-bond acceptors (Lipinski definition) is 4. The molecule has 2 N–H and O–H groups in total. The molecule has 7 heteroatoms. The summed E-state index contributed by atoms with van der Waals surface area (Å²) in [5.74, 6) is -1.54. The number of amides is 1. The van der Waals surface area contributed by atoms with E-state index in [0.717, 1.165) is 0 Å². The molecule has 98 valence electrons. The van der Waals surface area contributed by atoms with Crippen LogP contribution in [0.4, 0.5) is 0 Å². The van der Waals surface area contributed by atoms with Crippen LogP contribution in [0.3, 0.4) is 0 Å². The number of carboxylic acid groups (broad SMARTS) is 1. The molecule has 2 heterocycles. The van der Waals surface area contributed by atoms with Crippen molar-refractivity contribution in [3.05, 3.63) is 22.1 Å². The minimum atomic E-state index is -1.36. The highest BCUT2D eigenvalue weighted by Gasteiger charge is 2.44. The number of carbonyl (C=O) groups excluding carboxylic acids is 1. The van der Waals surface area contributed by atoms with E-state index in [1.54, 1.807) is 13.0 Å². The third-order valence-electron chi connectivity index (χ3n) is 2.88. The van der Waals surface area contributed by atoms with Gasteiger partial charge in [0.05, 0.1) is 6.61 Å². The lowest BCUT2D eigenvalue weighted by Gasteiger charge is -2.23. The maximum atomic E-state index is 12.0. The molecule has 1 amide bonds. The second-order valence-corrected chi connectivity index (χ2v) is 4.99. The Morgan fingerprint density at radius 2 is 2.28 bits per heavy atom. The molecule has 1 aliphatic heterocycles. The van der Waals surface area contributed by atoms with Crippen molar-refractivity contribution in [3.8, 4) is 0 Å². The van der Waals surface area contributed by atoms with E-state index in [1.165, 1.54) is 0 Å². The monoisotopic (exact) mass is 317 g/mol. The minimum Gasteiger partial charge on any atom is -0.479 e. The lowest BCUT2D eigenvalue weighted by molar-refractivity contribution is -0.144. The zero-order valence-corrected chi connectivity index (χ0v) is 11.2. The number of rotatable bonds is 3. The highest BCUT2D eigenvalue weighted by molar-refractivity contribution is 9.10. The average molecular weight is 318 g/mol. The van der Waals surface area contributed by atoms with Crippen LogP contribution in [0, 0.1) is 6.92 Å². The zero-order chi connectivity index (χ0) is 13.3. The molecule has 0 aliphatic carbocycles. The van der Waals surface area contributed by atoms with Crippen molar-refractivity contribution in [2.45, 2.75) is 18.9 Å². The van der Waals surface area contributed by atoms with Crippen LogP contribution in [-0.4, -0.2) is 35.7 Å². The third kappa shape index (κ3) is 2.28. The van der Waals surface area contributed by atoms with E-state index in [2.05, 4.69) is 21.2 Å². The van der Waals surface area contributed by atoms with Gasteiger partial charge < -0.3 is 19.6 Å². The third-order valence-corrected chi connectivity index (χ3v) is 3.27. The standard InChI is InChI=1S/C11H12BrNO5/c1-6-4-7(12)18-8(6)9(14)13-11(10(15)16)2-3-17-5-11/h4H,2-3,5H2,1H3,(H,13,14)(H,15,16). The van der Waals surface area contributed by atoms with E-state index in [0.29, 0.717) is 16.8 Å². The molecule has 0 radical (unpaired) electrons. The molecule has 0 spiro atoms. The Bertz CT molecular complexity index is 490. The molecule has 6 nitrogen and oxygen atoms in total. The first-order chi connectivity index (χ1) is 8.44. The highest BCUT2D eigenvalue weighted by Crippen LogP contribution is 2.23. The van der Waals surface area contributed by atoms with Gasteiger partial charge >= 0.3 is 5.97 Å². The van der Waals surface area contributed by atoms with Crippen molar-refractivity contribution in [3.63, 3.8) is 0 Å². The average Bonchev–Trinajstić information content (AvgIpc) is 2.86. The Morgan fingerprint density at radius 1 is 1.56 bits per heavy atom. The fraction of sp³-hybridized carbons (Fsp3) is 0.455. The number of carboxylic acids is 1. The van der Waals surface area contributed by atoms with E-state index >= 15 is 0 Å². The first kappa shape index (κ1) is 13.1.